The van der Waals surface area contributed by atoms with E-state index in [-0.39, 0.29) is 5.78 Å². The van der Waals surface area contributed by atoms with Gasteiger partial charge in [0.25, 0.3) is 0 Å². The summed E-state index contributed by atoms with van der Waals surface area (Å²) in [6.45, 7) is 3.59. The van der Waals surface area contributed by atoms with E-state index in [9.17, 15) is 4.79 Å². The number of ether oxygens (including phenoxy) is 1. The van der Waals surface area contributed by atoms with Crippen molar-refractivity contribution in [1.29, 1.82) is 0 Å². The maximum absolute atomic E-state index is 11.5. The zero-order chi connectivity index (χ0) is 11.7. The molecule has 0 bridgehead atoms. The van der Waals surface area contributed by atoms with Crippen molar-refractivity contribution in [2.24, 2.45) is 0 Å². The zero-order valence-corrected chi connectivity index (χ0v) is 9.70. The Balaban J connectivity index is 2.75. The fourth-order valence-corrected chi connectivity index (χ4v) is 1.84. The molecule has 0 aliphatic carbocycles. The van der Waals surface area contributed by atoms with Crippen molar-refractivity contribution >= 4 is 16.6 Å². The van der Waals surface area contributed by atoms with Gasteiger partial charge in [-0.2, -0.15) is 0 Å². The van der Waals surface area contributed by atoms with Gasteiger partial charge in [0.2, 0.25) is 0 Å². The third-order valence-corrected chi connectivity index (χ3v) is 2.69. The summed E-state index contributed by atoms with van der Waals surface area (Å²) in [6, 6.07) is 9.96. The Hall–Kier alpha value is -1.83. The van der Waals surface area contributed by atoms with E-state index in [4.69, 9.17) is 4.74 Å². The van der Waals surface area contributed by atoms with Crippen molar-refractivity contribution < 1.29 is 9.53 Å². The number of aryl methyl sites for hydroxylation is 1. The summed E-state index contributed by atoms with van der Waals surface area (Å²) >= 11 is 0. The van der Waals surface area contributed by atoms with Gasteiger partial charge in [0.05, 0.1) is 12.7 Å². The number of hydrogen-bond acceptors (Lipinski definition) is 2. The average molecular weight is 214 g/mol. The van der Waals surface area contributed by atoms with Gasteiger partial charge in [-0.15, -0.1) is 0 Å². The first-order chi connectivity index (χ1) is 7.61. The minimum atomic E-state index is 0.0280. The lowest BCUT2D eigenvalue weighted by Gasteiger charge is -2.08. The van der Waals surface area contributed by atoms with E-state index in [1.54, 1.807) is 14.0 Å². The maximum atomic E-state index is 11.5. The van der Waals surface area contributed by atoms with Gasteiger partial charge < -0.3 is 4.74 Å². The number of ketones is 1. The molecule has 0 N–H and O–H groups in total. The van der Waals surface area contributed by atoms with Crippen LogP contribution in [0.4, 0.5) is 0 Å². The molecule has 0 amide bonds. The molecule has 0 saturated carbocycles. The highest BCUT2D eigenvalue weighted by atomic mass is 16.5. The van der Waals surface area contributed by atoms with Gasteiger partial charge in [-0.1, -0.05) is 23.8 Å². The van der Waals surface area contributed by atoms with Gasteiger partial charge in [-0.05, 0) is 36.8 Å². The third kappa shape index (κ3) is 1.78. The van der Waals surface area contributed by atoms with Crippen LogP contribution in [0.5, 0.6) is 5.75 Å². The molecule has 0 aliphatic heterocycles. The third-order valence-electron chi connectivity index (χ3n) is 2.69. The highest BCUT2D eigenvalue weighted by Crippen LogP contribution is 2.26. The minimum absolute atomic E-state index is 0.0280. The monoisotopic (exact) mass is 214 g/mol. The van der Waals surface area contributed by atoms with E-state index in [1.807, 2.05) is 25.1 Å². The molecule has 82 valence electrons. The molecule has 2 aromatic carbocycles. The molecule has 0 aliphatic rings. The number of carbonyl (C=O) groups excluding carboxylic acids is 1. The number of methoxy groups -OCH3 is 1. The van der Waals surface area contributed by atoms with Crippen LogP contribution < -0.4 is 4.74 Å². The number of fused-ring (bicyclic) bond motifs is 1. The van der Waals surface area contributed by atoms with Gasteiger partial charge in [-0.25, -0.2) is 0 Å². The van der Waals surface area contributed by atoms with E-state index in [1.165, 1.54) is 5.56 Å². The average Bonchev–Trinajstić information content (AvgIpc) is 2.27. The van der Waals surface area contributed by atoms with Crippen molar-refractivity contribution in [2.75, 3.05) is 7.11 Å². The van der Waals surface area contributed by atoms with Crippen molar-refractivity contribution in [1.82, 2.24) is 0 Å². The number of Topliss-reactive ketones (excluding diaryl/α,β-unsaturated/α-hetero) is 1. The van der Waals surface area contributed by atoms with Crippen LogP contribution in [0.2, 0.25) is 0 Å². The number of carbonyl (C=O) groups is 1. The van der Waals surface area contributed by atoms with Gasteiger partial charge in [0, 0.05) is 0 Å². The molecule has 2 nitrogen and oxygen atoms in total. The zero-order valence-electron chi connectivity index (χ0n) is 9.70. The molecule has 2 heteroatoms. The Bertz CT molecular complexity index is 556. The molecule has 0 radical (unpaired) electrons. The first-order valence-electron chi connectivity index (χ1n) is 5.21. The Morgan fingerprint density at radius 1 is 1.12 bits per heavy atom. The van der Waals surface area contributed by atoms with Crippen LogP contribution in [0.15, 0.2) is 30.3 Å². The molecule has 0 atom stereocenters. The summed E-state index contributed by atoms with van der Waals surface area (Å²) in [5.41, 5.74) is 1.83. The Morgan fingerprint density at radius 3 is 2.50 bits per heavy atom. The van der Waals surface area contributed by atoms with E-state index in [2.05, 4.69) is 12.1 Å². The Morgan fingerprint density at radius 2 is 1.88 bits per heavy atom. The molecule has 0 unspecified atom stereocenters. The summed E-state index contributed by atoms with van der Waals surface area (Å²) in [5.74, 6) is 0.670. The molecule has 16 heavy (non-hydrogen) atoms. The smallest absolute Gasteiger partial charge is 0.163 e. The van der Waals surface area contributed by atoms with E-state index in [0.717, 1.165) is 10.8 Å². The summed E-state index contributed by atoms with van der Waals surface area (Å²) in [4.78, 5) is 11.5. The summed E-state index contributed by atoms with van der Waals surface area (Å²) in [5, 5.41) is 2.17. The molecule has 0 aromatic heterocycles. The summed E-state index contributed by atoms with van der Waals surface area (Å²) < 4.78 is 5.22. The van der Waals surface area contributed by atoms with Crippen LogP contribution in [0.25, 0.3) is 10.8 Å². The molecular formula is C14H14O2. The second-order valence-electron chi connectivity index (χ2n) is 3.96. The molecule has 0 heterocycles. The first kappa shape index (κ1) is 10.7. The topological polar surface area (TPSA) is 26.3 Å². The van der Waals surface area contributed by atoms with Crippen molar-refractivity contribution in [2.45, 2.75) is 13.8 Å². The highest BCUT2D eigenvalue weighted by molar-refractivity contribution is 6.01. The quantitative estimate of drug-likeness (QED) is 0.716. The SMILES string of the molecule is COc1cc2ccc(C)cc2cc1C(C)=O. The second-order valence-corrected chi connectivity index (χ2v) is 3.96. The van der Waals surface area contributed by atoms with Crippen LogP contribution in [0.1, 0.15) is 22.8 Å². The van der Waals surface area contributed by atoms with Crippen molar-refractivity contribution in [3.63, 3.8) is 0 Å². The summed E-state index contributed by atoms with van der Waals surface area (Å²) in [6.07, 6.45) is 0. The lowest BCUT2D eigenvalue weighted by Crippen LogP contribution is -1.97. The molecule has 0 fully saturated rings. The van der Waals surface area contributed by atoms with Crippen LogP contribution in [-0.4, -0.2) is 12.9 Å². The van der Waals surface area contributed by atoms with Crippen molar-refractivity contribution in [3.05, 3.63) is 41.5 Å². The largest absolute Gasteiger partial charge is 0.496 e. The van der Waals surface area contributed by atoms with Crippen LogP contribution in [0.3, 0.4) is 0 Å². The van der Waals surface area contributed by atoms with Gasteiger partial charge in [0.1, 0.15) is 5.75 Å². The molecular weight excluding hydrogens is 200 g/mol. The van der Waals surface area contributed by atoms with E-state index < -0.39 is 0 Å². The van der Waals surface area contributed by atoms with Crippen LogP contribution in [-0.2, 0) is 0 Å². The van der Waals surface area contributed by atoms with E-state index in [0.29, 0.717) is 11.3 Å². The van der Waals surface area contributed by atoms with E-state index >= 15 is 0 Å². The lowest BCUT2D eigenvalue weighted by molar-refractivity contribution is 0.101. The number of rotatable bonds is 2. The predicted octanol–water partition coefficient (Wildman–Crippen LogP) is 3.36. The number of hydrogen-bond donors (Lipinski definition) is 0. The number of benzene rings is 2. The fourth-order valence-electron chi connectivity index (χ4n) is 1.84. The van der Waals surface area contributed by atoms with Gasteiger partial charge in [0.15, 0.2) is 5.78 Å². The summed E-state index contributed by atoms with van der Waals surface area (Å²) in [7, 11) is 1.59. The maximum Gasteiger partial charge on any atom is 0.163 e. The van der Waals surface area contributed by atoms with Crippen molar-refractivity contribution in [3.8, 4) is 5.75 Å². The fraction of sp³-hybridized carbons (Fsp3) is 0.214. The lowest BCUT2D eigenvalue weighted by atomic mass is 10.0. The highest BCUT2D eigenvalue weighted by Gasteiger charge is 2.09. The molecule has 2 rings (SSSR count). The molecule has 0 spiro atoms. The van der Waals surface area contributed by atoms with Gasteiger partial charge in [-0.3, -0.25) is 4.79 Å². The minimum Gasteiger partial charge on any atom is -0.496 e. The molecule has 0 saturated heterocycles. The van der Waals surface area contributed by atoms with Crippen LogP contribution in [0, 0.1) is 6.92 Å². The first-order valence-corrected chi connectivity index (χ1v) is 5.21. The predicted molar refractivity (Wildman–Crippen MR) is 65.2 cm³/mol. The van der Waals surface area contributed by atoms with Gasteiger partial charge >= 0.3 is 0 Å². The standard InChI is InChI=1S/C14H14O2/c1-9-4-5-11-8-14(16-3)13(10(2)15)7-12(11)6-9/h4-8H,1-3H3. The second kappa shape index (κ2) is 3.97. The Kier molecular flexibility index (Phi) is 2.65. The van der Waals surface area contributed by atoms with Crippen LogP contribution >= 0.6 is 0 Å². The normalized spacial score (nSPS) is 10.4. The molecule has 2 aromatic rings. The Labute approximate surface area is 94.8 Å².